The van der Waals surface area contributed by atoms with Gasteiger partial charge in [0.05, 0.1) is 5.69 Å². The highest BCUT2D eigenvalue weighted by atomic mass is 16.2. The molecule has 0 atom stereocenters. The fraction of sp³-hybridized carbons (Fsp3) is 0.500. The van der Waals surface area contributed by atoms with Crippen LogP contribution in [0.25, 0.3) is 0 Å². The van der Waals surface area contributed by atoms with Crippen molar-refractivity contribution < 1.29 is 4.79 Å². The highest BCUT2D eigenvalue weighted by Gasteiger charge is 2.29. The molecule has 2 aliphatic rings. The Hall–Kier alpha value is -2.48. The third-order valence-electron chi connectivity index (χ3n) is 4.91. The molecule has 0 radical (unpaired) electrons. The molecule has 0 saturated carbocycles. The van der Waals surface area contributed by atoms with Crippen molar-refractivity contribution in [3.8, 4) is 0 Å². The van der Waals surface area contributed by atoms with E-state index in [2.05, 4.69) is 25.5 Å². The van der Waals surface area contributed by atoms with E-state index < -0.39 is 0 Å². The van der Waals surface area contributed by atoms with Crippen molar-refractivity contribution in [2.75, 3.05) is 25.4 Å². The normalized spacial score (nSPS) is 18.4. The molecule has 0 aromatic carbocycles. The number of piperidine rings is 1. The largest absolute Gasteiger partial charge is 0.368 e. The summed E-state index contributed by atoms with van der Waals surface area (Å²) in [5.74, 6) is 0.675. The Morgan fingerprint density at radius 3 is 2.96 bits per heavy atom. The fourth-order valence-electron chi connectivity index (χ4n) is 3.56. The predicted octanol–water partition coefficient (Wildman–Crippen LogP) is 0.447. The number of aromatic amines is 1. The predicted molar refractivity (Wildman–Crippen MR) is 88.3 cm³/mol. The average Bonchev–Trinajstić information content (AvgIpc) is 3.05. The van der Waals surface area contributed by atoms with Crippen molar-refractivity contribution >= 4 is 11.9 Å². The van der Waals surface area contributed by atoms with Gasteiger partial charge >= 0.3 is 0 Å². The standard InChI is InChI=1S/C16H21N7O/c17-16-19-6-2-12(20-16)10-3-7-23(8-4-10)15(24)14-11-1-5-18-9-13(11)21-22-14/h2,6,10,18H,1,3-5,7-9H2,(H,21,22)(H2,17,19,20). The van der Waals surface area contributed by atoms with Crippen LogP contribution in [0.4, 0.5) is 5.95 Å². The Bertz CT molecular complexity index is 749. The van der Waals surface area contributed by atoms with E-state index in [0.717, 1.165) is 49.3 Å². The number of nitrogen functional groups attached to an aromatic ring is 1. The molecule has 0 unspecified atom stereocenters. The van der Waals surface area contributed by atoms with Gasteiger partial charge in [0, 0.05) is 43.0 Å². The molecule has 8 heteroatoms. The Labute approximate surface area is 139 Å². The monoisotopic (exact) mass is 327 g/mol. The summed E-state index contributed by atoms with van der Waals surface area (Å²) in [5.41, 5.74) is 9.34. The summed E-state index contributed by atoms with van der Waals surface area (Å²) < 4.78 is 0. The number of aromatic nitrogens is 4. The van der Waals surface area contributed by atoms with Crippen molar-refractivity contribution in [2.24, 2.45) is 0 Å². The second-order valence-corrected chi connectivity index (χ2v) is 6.36. The van der Waals surface area contributed by atoms with E-state index in [1.807, 2.05) is 11.0 Å². The number of likely N-dealkylation sites (tertiary alicyclic amines) is 1. The highest BCUT2D eigenvalue weighted by molar-refractivity contribution is 5.94. The molecule has 24 heavy (non-hydrogen) atoms. The molecule has 0 aliphatic carbocycles. The third kappa shape index (κ3) is 2.73. The number of hydrogen-bond acceptors (Lipinski definition) is 6. The number of nitrogens with zero attached hydrogens (tertiary/aromatic N) is 4. The van der Waals surface area contributed by atoms with Gasteiger partial charge in [0.2, 0.25) is 5.95 Å². The summed E-state index contributed by atoms with van der Waals surface area (Å²) in [7, 11) is 0. The SMILES string of the molecule is Nc1nccc(C2CCN(C(=O)c3n[nH]c4c3CCNC4)CC2)n1. The lowest BCUT2D eigenvalue weighted by atomic mass is 9.93. The van der Waals surface area contributed by atoms with Gasteiger partial charge in [-0.1, -0.05) is 0 Å². The van der Waals surface area contributed by atoms with Crippen LogP contribution in [0.1, 0.15) is 46.2 Å². The van der Waals surface area contributed by atoms with Crippen LogP contribution in [0.3, 0.4) is 0 Å². The Kier molecular flexibility index (Phi) is 3.89. The van der Waals surface area contributed by atoms with Crippen molar-refractivity contribution in [1.82, 2.24) is 30.4 Å². The second kappa shape index (κ2) is 6.20. The average molecular weight is 327 g/mol. The maximum Gasteiger partial charge on any atom is 0.274 e. The number of carbonyl (C=O) groups is 1. The topological polar surface area (TPSA) is 113 Å². The molecule has 1 amide bonds. The lowest BCUT2D eigenvalue weighted by Gasteiger charge is -2.31. The van der Waals surface area contributed by atoms with Crippen LogP contribution in [-0.4, -0.2) is 50.6 Å². The first-order chi connectivity index (χ1) is 11.7. The van der Waals surface area contributed by atoms with Gasteiger partial charge in [-0.25, -0.2) is 9.97 Å². The summed E-state index contributed by atoms with van der Waals surface area (Å²) >= 11 is 0. The summed E-state index contributed by atoms with van der Waals surface area (Å²) in [6, 6.07) is 1.91. The molecule has 126 valence electrons. The summed E-state index contributed by atoms with van der Waals surface area (Å²) in [6.45, 7) is 3.08. The van der Waals surface area contributed by atoms with E-state index >= 15 is 0 Å². The van der Waals surface area contributed by atoms with E-state index in [4.69, 9.17) is 5.73 Å². The molecular formula is C16H21N7O. The van der Waals surface area contributed by atoms with E-state index in [-0.39, 0.29) is 5.91 Å². The Balaban J connectivity index is 1.44. The van der Waals surface area contributed by atoms with Crippen LogP contribution in [0.2, 0.25) is 0 Å². The van der Waals surface area contributed by atoms with Gasteiger partial charge in [0.15, 0.2) is 5.69 Å². The molecular weight excluding hydrogens is 306 g/mol. The zero-order valence-electron chi connectivity index (χ0n) is 13.5. The van der Waals surface area contributed by atoms with Gasteiger partial charge < -0.3 is 16.0 Å². The number of carbonyl (C=O) groups excluding carboxylic acids is 1. The number of H-pyrrole nitrogens is 1. The summed E-state index contributed by atoms with van der Waals surface area (Å²) in [5, 5.41) is 10.5. The minimum absolute atomic E-state index is 0.0371. The Morgan fingerprint density at radius 1 is 1.33 bits per heavy atom. The second-order valence-electron chi connectivity index (χ2n) is 6.36. The molecule has 4 heterocycles. The van der Waals surface area contributed by atoms with Crippen molar-refractivity contribution in [1.29, 1.82) is 0 Å². The number of hydrogen-bond donors (Lipinski definition) is 3. The molecule has 2 aliphatic heterocycles. The molecule has 4 rings (SSSR count). The summed E-state index contributed by atoms with van der Waals surface area (Å²) in [6.07, 6.45) is 4.32. The minimum Gasteiger partial charge on any atom is -0.368 e. The van der Waals surface area contributed by atoms with Crippen LogP contribution in [0, 0.1) is 0 Å². The van der Waals surface area contributed by atoms with E-state index in [1.54, 1.807) is 6.20 Å². The number of rotatable bonds is 2. The Morgan fingerprint density at radius 2 is 2.17 bits per heavy atom. The fourth-order valence-corrected chi connectivity index (χ4v) is 3.56. The number of nitrogens with two attached hydrogens (primary N) is 1. The number of amides is 1. The lowest BCUT2D eigenvalue weighted by Crippen LogP contribution is -2.39. The van der Waals surface area contributed by atoms with E-state index in [9.17, 15) is 4.79 Å². The molecule has 2 aromatic heterocycles. The first-order valence-corrected chi connectivity index (χ1v) is 8.37. The number of nitrogens with one attached hydrogen (secondary N) is 2. The van der Waals surface area contributed by atoms with Gasteiger partial charge in [-0.05, 0) is 31.9 Å². The van der Waals surface area contributed by atoms with E-state index in [0.29, 0.717) is 30.6 Å². The lowest BCUT2D eigenvalue weighted by molar-refractivity contribution is 0.0705. The third-order valence-corrected chi connectivity index (χ3v) is 4.91. The summed E-state index contributed by atoms with van der Waals surface area (Å²) in [4.78, 5) is 23.0. The van der Waals surface area contributed by atoms with Crippen LogP contribution >= 0.6 is 0 Å². The first-order valence-electron chi connectivity index (χ1n) is 8.37. The van der Waals surface area contributed by atoms with Crippen LogP contribution < -0.4 is 11.1 Å². The van der Waals surface area contributed by atoms with E-state index in [1.165, 1.54) is 0 Å². The van der Waals surface area contributed by atoms with Gasteiger partial charge in [0.25, 0.3) is 5.91 Å². The van der Waals surface area contributed by atoms with Crippen LogP contribution in [-0.2, 0) is 13.0 Å². The number of fused-ring (bicyclic) bond motifs is 1. The quantitative estimate of drug-likeness (QED) is 0.738. The number of anilines is 1. The highest BCUT2D eigenvalue weighted by Crippen LogP contribution is 2.28. The van der Waals surface area contributed by atoms with Crippen molar-refractivity contribution in [3.05, 3.63) is 34.9 Å². The molecule has 4 N–H and O–H groups in total. The molecule has 1 saturated heterocycles. The smallest absolute Gasteiger partial charge is 0.274 e. The molecule has 1 fully saturated rings. The molecule has 8 nitrogen and oxygen atoms in total. The van der Waals surface area contributed by atoms with Gasteiger partial charge in [-0.3, -0.25) is 9.89 Å². The zero-order valence-corrected chi connectivity index (χ0v) is 13.5. The van der Waals surface area contributed by atoms with Gasteiger partial charge in [-0.15, -0.1) is 0 Å². The maximum atomic E-state index is 12.8. The van der Waals surface area contributed by atoms with Crippen molar-refractivity contribution in [2.45, 2.75) is 31.7 Å². The molecule has 0 bridgehead atoms. The van der Waals surface area contributed by atoms with Crippen LogP contribution in [0.5, 0.6) is 0 Å². The van der Waals surface area contributed by atoms with Gasteiger partial charge in [0.1, 0.15) is 0 Å². The molecule has 0 spiro atoms. The maximum absolute atomic E-state index is 12.8. The zero-order chi connectivity index (χ0) is 16.5. The van der Waals surface area contributed by atoms with Gasteiger partial charge in [-0.2, -0.15) is 5.10 Å². The van der Waals surface area contributed by atoms with Crippen molar-refractivity contribution in [3.63, 3.8) is 0 Å². The van der Waals surface area contributed by atoms with Crippen LogP contribution in [0.15, 0.2) is 12.3 Å². The minimum atomic E-state index is 0.0371. The first kappa shape index (κ1) is 15.1. The molecule has 2 aromatic rings.